The summed E-state index contributed by atoms with van der Waals surface area (Å²) in [5.74, 6) is -0.749. The smallest absolute Gasteiger partial charge is 0.406 e. The third kappa shape index (κ3) is 5.66. The summed E-state index contributed by atoms with van der Waals surface area (Å²) in [5, 5.41) is 8.51. The third-order valence-electron chi connectivity index (χ3n) is 4.46. The van der Waals surface area contributed by atoms with Crippen molar-refractivity contribution in [3.63, 3.8) is 0 Å². The maximum Gasteiger partial charge on any atom is 0.573 e. The van der Waals surface area contributed by atoms with Crippen LogP contribution in [0, 0.1) is 0 Å². The first-order valence-corrected chi connectivity index (χ1v) is 9.23. The summed E-state index contributed by atoms with van der Waals surface area (Å²) in [6, 6.07) is 5.66. The summed E-state index contributed by atoms with van der Waals surface area (Å²) < 4.78 is 40.8. The fourth-order valence-corrected chi connectivity index (χ4v) is 3.07. The molecule has 1 aliphatic rings. The zero-order chi connectivity index (χ0) is 21.7. The van der Waals surface area contributed by atoms with Crippen molar-refractivity contribution in [3.8, 4) is 5.75 Å². The zero-order valence-corrected chi connectivity index (χ0v) is 15.9. The minimum atomic E-state index is -4.77. The number of rotatable bonds is 6. The Bertz CT molecular complexity index is 877. The van der Waals surface area contributed by atoms with Gasteiger partial charge in [-0.1, -0.05) is 19.1 Å². The molecule has 1 aliphatic heterocycles. The second kappa shape index (κ2) is 9.08. The van der Waals surface area contributed by atoms with Crippen LogP contribution in [-0.2, 0) is 9.59 Å². The molecule has 1 fully saturated rings. The summed E-state index contributed by atoms with van der Waals surface area (Å²) in [5.41, 5.74) is 0.614. The average Bonchev–Trinajstić information content (AvgIpc) is 2.71. The summed E-state index contributed by atoms with van der Waals surface area (Å²) >= 11 is 0. The minimum Gasteiger partial charge on any atom is -0.406 e. The van der Waals surface area contributed by atoms with Gasteiger partial charge in [0, 0.05) is 12.4 Å². The number of nitrogens with zero attached hydrogens (tertiary/aromatic N) is 2. The number of amides is 2. The number of hydrogen-bond acceptors (Lipinski definition) is 6. The summed E-state index contributed by atoms with van der Waals surface area (Å²) in [6.07, 6.45) is -1.99. The van der Waals surface area contributed by atoms with E-state index in [9.17, 15) is 22.8 Å². The second-order valence-electron chi connectivity index (χ2n) is 6.62. The van der Waals surface area contributed by atoms with Crippen molar-refractivity contribution >= 4 is 11.8 Å². The number of carbonyl (C=O) groups is 2. The molecule has 1 aromatic heterocycles. The Hall–Kier alpha value is -3.21. The van der Waals surface area contributed by atoms with Crippen LogP contribution >= 0.6 is 0 Å². The molecule has 0 saturated carbocycles. The SMILES string of the molecule is CC[C@@H](NC(=O)C1CC(=O)NC(c2ncccn2)N1)c1ccc(OC(F)(F)F)cc1. The first-order chi connectivity index (χ1) is 14.2. The third-order valence-corrected chi connectivity index (χ3v) is 4.46. The quantitative estimate of drug-likeness (QED) is 0.658. The molecular formula is C19H20F3N5O3. The van der Waals surface area contributed by atoms with Crippen molar-refractivity contribution in [2.45, 2.75) is 44.4 Å². The first-order valence-electron chi connectivity index (χ1n) is 9.23. The maximum absolute atomic E-state index is 12.7. The van der Waals surface area contributed by atoms with E-state index in [2.05, 4.69) is 30.7 Å². The molecule has 0 aliphatic carbocycles. The molecule has 0 bridgehead atoms. The van der Waals surface area contributed by atoms with Gasteiger partial charge in [-0.2, -0.15) is 0 Å². The summed E-state index contributed by atoms with van der Waals surface area (Å²) in [6.45, 7) is 1.83. The van der Waals surface area contributed by atoms with E-state index >= 15 is 0 Å². The van der Waals surface area contributed by atoms with Crippen LogP contribution < -0.4 is 20.7 Å². The number of aromatic nitrogens is 2. The Morgan fingerprint density at radius 3 is 2.53 bits per heavy atom. The molecule has 3 rings (SSSR count). The largest absolute Gasteiger partial charge is 0.573 e. The second-order valence-corrected chi connectivity index (χ2v) is 6.62. The molecule has 3 atom stereocenters. The van der Waals surface area contributed by atoms with Crippen molar-refractivity contribution < 1.29 is 27.5 Å². The highest BCUT2D eigenvalue weighted by Crippen LogP contribution is 2.25. The minimum absolute atomic E-state index is 0.0655. The molecule has 2 amide bonds. The van der Waals surface area contributed by atoms with Crippen molar-refractivity contribution in [3.05, 3.63) is 54.1 Å². The Morgan fingerprint density at radius 2 is 1.93 bits per heavy atom. The molecule has 2 aromatic rings. The van der Waals surface area contributed by atoms with Crippen molar-refractivity contribution in [2.75, 3.05) is 0 Å². The monoisotopic (exact) mass is 423 g/mol. The molecular weight excluding hydrogens is 403 g/mol. The zero-order valence-electron chi connectivity index (χ0n) is 15.9. The number of halogens is 3. The van der Waals surface area contributed by atoms with E-state index in [1.807, 2.05) is 6.92 Å². The molecule has 2 unspecified atom stereocenters. The number of carbonyl (C=O) groups excluding carboxylic acids is 2. The molecule has 160 valence electrons. The van der Waals surface area contributed by atoms with Gasteiger partial charge < -0.3 is 15.4 Å². The van der Waals surface area contributed by atoms with E-state index in [4.69, 9.17) is 0 Å². The van der Waals surface area contributed by atoms with Crippen LogP contribution in [0.2, 0.25) is 0 Å². The Balaban J connectivity index is 1.66. The highest BCUT2D eigenvalue weighted by Gasteiger charge is 2.34. The molecule has 30 heavy (non-hydrogen) atoms. The number of nitrogens with one attached hydrogen (secondary N) is 3. The van der Waals surface area contributed by atoms with Crippen molar-refractivity contribution in [1.29, 1.82) is 0 Å². The lowest BCUT2D eigenvalue weighted by atomic mass is 10.0. The predicted octanol–water partition coefficient (Wildman–Crippen LogP) is 2.12. The van der Waals surface area contributed by atoms with Crippen molar-refractivity contribution in [2.24, 2.45) is 0 Å². The van der Waals surface area contributed by atoms with E-state index in [1.54, 1.807) is 6.07 Å². The number of alkyl halides is 3. The normalized spacial score (nSPS) is 20.2. The van der Waals surface area contributed by atoms with Gasteiger partial charge in [0.1, 0.15) is 11.9 Å². The lowest BCUT2D eigenvalue weighted by Gasteiger charge is -2.31. The fourth-order valence-electron chi connectivity index (χ4n) is 3.07. The highest BCUT2D eigenvalue weighted by molar-refractivity contribution is 5.89. The van der Waals surface area contributed by atoms with E-state index in [0.717, 1.165) is 0 Å². The number of benzene rings is 1. The van der Waals surface area contributed by atoms with Gasteiger partial charge >= 0.3 is 6.36 Å². The molecule has 11 heteroatoms. The molecule has 1 aromatic carbocycles. The van der Waals surface area contributed by atoms with E-state index in [-0.39, 0.29) is 18.1 Å². The Kier molecular flexibility index (Phi) is 6.50. The Morgan fingerprint density at radius 1 is 1.27 bits per heavy atom. The van der Waals surface area contributed by atoms with Crippen LogP contribution in [0.5, 0.6) is 5.75 Å². The molecule has 0 radical (unpaired) electrons. The number of ether oxygens (including phenoxy) is 1. The first kappa shape index (κ1) is 21.5. The topological polar surface area (TPSA) is 105 Å². The predicted molar refractivity (Wildman–Crippen MR) is 98.8 cm³/mol. The fraction of sp³-hybridized carbons (Fsp3) is 0.368. The van der Waals surface area contributed by atoms with Crippen LogP contribution in [0.3, 0.4) is 0 Å². The van der Waals surface area contributed by atoms with Gasteiger partial charge in [-0.15, -0.1) is 13.2 Å². The average molecular weight is 423 g/mol. The maximum atomic E-state index is 12.7. The van der Waals surface area contributed by atoms with Crippen LogP contribution in [0.1, 0.15) is 43.4 Å². The van der Waals surface area contributed by atoms with Gasteiger partial charge in [0.05, 0.1) is 18.5 Å². The van der Waals surface area contributed by atoms with Crippen LogP contribution in [0.25, 0.3) is 0 Å². The van der Waals surface area contributed by atoms with Crippen LogP contribution in [0.4, 0.5) is 13.2 Å². The van der Waals surface area contributed by atoms with Crippen molar-refractivity contribution in [1.82, 2.24) is 25.9 Å². The van der Waals surface area contributed by atoms with E-state index < -0.39 is 30.5 Å². The summed E-state index contributed by atoms with van der Waals surface area (Å²) in [4.78, 5) is 32.9. The molecule has 2 heterocycles. The molecule has 1 saturated heterocycles. The van der Waals surface area contributed by atoms with E-state index in [0.29, 0.717) is 17.8 Å². The van der Waals surface area contributed by atoms with Crippen LogP contribution in [-0.4, -0.2) is 34.2 Å². The van der Waals surface area contributed by atoms with Gasteiger partial charge in [0.15, 0.2) is 5.82 Å². The summed E-state index contributed by atoms with van der Waals surface area (Å²) in [7, 11) is 0. The standard InChI is InChI=1S/C19H20F3N5O3/c1-2-13(11-4-6-12(7-5-11)30-19(20,21)22)26-18(29)14-10-15(28)27-17(25-14)16-23-8-3-9-24-16/h3-9,13-14,17,25H,2,10H2,1H3,(H,26,29)(H,27,28)/t13-,14?,17?/m1/s1. The van der Waals surface area contributed by atoms with Gasteiger partial charge in [0.25, 0.3) is 0 Å². The van der Waals surface area contributed by atoms with Gasteiger partial charge in [-0.25, -0.2) is 9.97 Å². The lowest BCUT2D eigenvalue weighted by molar-refractivity contribution is -0.274. The van der Waals surface area contributed by atoms with E-state index in [1.165, 1.54) is 36.7 Å². The number of hydrogen-bond donors (Lipinski definition) is 3. The van der Waals surface area contributed by atoms with Gasteiger partial charge in [-0.3, -0.25) is 14.9 Å². The molecule has 8 nitrogen and oxygen atoms in total. The van der Waals surface area contributed by atoms with Gasteiger partial charge in [-0.05, 0) is 30.2 Å². The van der Waals surface area contributed by atoms with Gasteiger partial charge in [0.2, 0.25) is 11.8 Å². The van der Waals surface area contributed by atoms with Crippen LogP contribution in [0.15, 0.2) is 42.7 Å². The highest BCUT2D eigenvalue weighted by atomic mass is 19.4. The molecule has 3 N–H and O–H groups in total. The Labute approximate surface area is 170 Å². The molecule has 0 spiro atoms. The lowest BCUT2D eigenvalue weighted by Crippen LogP contribution is -2.57.